The lowest BCUT2D eigenvalue weighted by molar-refractivity contribution is -0.163. The second-order valence-corrected chi connectivity index (χ2v) is 6.62. The van der Waals surface area contributed by atoms with E-state index in [2.05, 4.69) is 11.4 Å². The van der Waals surface area contributed by atoms with Gasteiger partial charge in [0.15, 0.2) is 0 Å². The highest BCUT2D eigenvalue weighted by Crippen LogP contribution is 2.73. The molecule has 3 unspecified atom stereocenters. The molecule has 94 valence electrons. The Kier molecular flexibility index (Phi) is 2.35. The topological polar surface area (TPSA) is 62.1 Å². The zero-order valence-electron chi connectivity index (χ0n) is 11.1. The first-order chi connectivity index (χ1) is 7.68. The lowest BCUT2D eigenvalue weighted by Crippen LogP contribution is -2.43. The Morgan fingerprint density at radius 3 is 2.47 bits per heavy atom. The summed E-state index contributed by atoms with van der Waals surface area (Å²) < 4.78 is 5.50. The van der Waals surface area contributed by atoms with Crippen molar-refractivity contribution in [1.82, 2.24) is 5.32 Å². The van der Waals surface area contributed by atoms with Crippen molar-refractivity contribution in [1.29, 1.82) is 5.26 Å². The van der Waals surface area contributed by atoms with Gasteiger partial charge in [-0.15, -0.1) is 0 Å². The molecule has 1 heterocycles. The van der Waals surface area contributed by atoms with Crippen LogP contribution in [-0.4, -0.2) is 24.2 Å². The predicted octanol–water partition coefficient (Wildman–Crippen LogP) is 1.47. The number of carbonyl (C=O) groups is 1. The molecule has 1 saturated carbocycles. The Morgan fingerprint density at radius 1 is 1.47 bits per heavy atom. The summed E-state index contributed by atoms with van der Waals surface area (Å²) in [5.74, 6) is -0.00829. The number of hydrogen-bond donors (Lipinski definition) is 1. The molecule has 0 radical (unpaired) electrons. The van der Waals surface area contributed by atoms with Crippen molar-refractivity contribution in [3.05, 3.63) is 0 Å². The van der Waals surface area contributed by atoms with Crippen molar-refractivity contribution >= 4 is 5.97 Å². The quantitative estimate of drug-likeness (QED) is 0.700. The van der Waals surface area contributed by atoms with Gasteiger partial charge < -0.3 is 10.1 Å². The van der Waals surface area contributed by atoms with Gasteiger partial charge in [-0.1, -0.05) is 13.8 Å². The van der Waals surface area contributed by atoms with E-state index in [9.17, 15) is 10.1 Å². The molecule has 3 atom stereocenters. The SMILES string of the molecule is CC(C)(C)OC(=O)C12C(C#N)NCC1C2(C)C. The average Bonchev–Trinajstić information content (AvgIpc) is 2.55. The minimum absolute atomic E-state index is 0.138. The van der Waals surface area contributed by atoms with E-state index in [0.717, 1.165) is 6.54 Å². The minimum atomic E-state index is -0.644. The molecule has 0 bridgehead atoms. The molecule has 2 aliphatic rings. The van der Waals surface area contributed by atoms with E-state index in [4.69, 9.17) is 4.74 Å². The van der Waals surface area contributed by atoms with Crippen LogP contribution in [0.4, 0.5) is 0 Å². The van der Waals surface area contributed by atoms with Gasteiger partial charge in [-0.25, -0.2) is 0 Å². The van der Waals surface area contributed by atoms with Crippen molar-refractivity contribution in [2.75, 3.05) is 6.54 Å². The van der Waals surface area contributed by atoms with E-state index < -0.39 is 17.1 Å². The monoisotopic (exact) mass is 236 g/mol. The molecule has 2 fully saturated rings. The molecule has 1 aliphatic heterocycles. The molecular weight excluding hydrogens is 216 g/mol. The van der Waals surface area contributed by atoms with E-state index in [1.54, 1.807) is 0 Å². The van der Waals surface area contributed by atoms with Crippen LogP contribution in [0.5, 0.6) is 0 Å². The normalized spacial score (nSPS) is 38.1. The summed E-state index contributed by atoms with van der Waals surface area (Å²) in [6, 6.07) is 1.79. The molecule has 0 amide bonds. The number of esters is 1. The van der Waals surface area contributed by atoms with Gasteiger partial charge in [-0.3, -0.25) is 4.79 Å². The van der Waals surface area contributed by atoms with Crippen molar-refractivity contribution in [2.24, 2.45) is 16.7 Å². The van der Waals surface area contributed by atoms with Crippen LogP contribution in [0, 0.1) is 28.1 Å². The molecule has 1 saturated heterocycles. The van der Waals surface area contributed by atoms with Crippen LogP contribution in [0.2, 0.25) is 0 Å². The Balaban J connectivity index is 2.29. The summed E-state index contributed by atoms with van der Waals surface area (Å²) in [5.41, 5.74) is -1.28. The minimum Gasteiger partial charge on any atom is -0.459 e. The Bertz CT molecular complexity index is 403. The Labute approximate surface area is 102 Å². The van der Waals surface area contributed by atoms with E-state index in [-0.39, 0.29) is 17.3 Å². The first-order valence-electron chi connectivity index (χ1n) is 6.04. The largest absolute Gasteiger partial charge is 0.459 e. The number of rotatable bonds is 1. The van der Waals surface area contributed by atoms with Crippen molar-refractivity contribution in [3.63, 3.8) is 0 Å². The standard InChI is InChI=1S/C13H20N2O2/c1-11(2,3)17-10(16)13-8(12(13,4)5)7-15-9(13)6-14/h8-9,15H,7H2,1-5H3. The molecule has 17 heavy (non-hydrogen) atoms. The van der Waals surface area contributed by atoms with Crippen molar-refractivity contribution < 1.29 is 9.53 Å². The molecule has 0 aromatic carbocycles. The first kappa shape index (κ1) is 12.4. The molecule has 0 aromatic heterocycles. The van der Waals surface area contributed by atoms with Crippen molar-refractivity contribution in [2.45, 2.75) is 46.3 Å². The van der Waals surface area contributed by atoms with E-state index in [1.807, 2.05) is 34.6 Å². The predicted molar refractivity (Wildman–Crippen MR) is 63.0 cm³/mol. The second-order valence-electron chi connectivity index (χ2n) is 6.62. The van der Waals surface area contributed by atoms with E-state index in [1.165, 1.54) is 0 Å². The maximum atomic E-state index is 12.4. The number of fused-ring (bicyclic) bond motifs is 1. The molecule has 1 aliphatic carbocycles. The summed E-state index contributed by atoms with van der Waals surface area (Å²) in [7, 11) is 0. The zero-order chi connectivity index (χ0) is 13.1. The van der Waals surface area contributed by atoms with Crippen molar-refractivity contribution in [3.8, 4) is 6.07 Å². The molecule has 4 heteroatoms. The first-order valence-corrected chi connectivity index (χ1v) is 6.04. The summed E-state index contributed by atoms with van der Waals surface area (Å²) in [4.78, 5) is 12.4. The average molecular weight is 236 g/mol. The fourth-order valence-electron chi connectivity index (χ4n) is 3.33. The molecule has 4 nitrogen and oxygen atoms in total. The molecule has 0 spiro atoms. The number of ether oxygens (including phenoxy) is 1. The third-order valence-electron chi connectivity index (χ3n) is 4.25. The van der Waals surface area contributed by atoms with Crippen LogP contribution in [0.3, 0.4) is 0 Å². The van der Waals surface area contributed by atoms with Crippen LogP contribution in [0.15, 0.2) is 0 Å². The highest BCUT2D eigenvalue weighted by atomic mass is 16.6. The van der Waals surface area contributed by atoms with E-state index >= 15 is 0 Å². The lowest BCUT2D eigenvalue weighted by atomic mass is 9.89. The number of carbonyl (C=O) groups excluding carboxylic acids is 1. The summed E-state index contributed by atoms with van der Waals surface area (Å²) in [6.07, 6.45) is 0. The van der Waals surface area contributed by atoms with Gasteiger partial charge >= 0.3 is 5.97 Å². The number of piperidine rings is 1. The third-order valence-corrected chi connectivity index (χ3v) is 4.25. The van der Waals surface area contributed by atoms with Gasteiger partial charge in [0.1, 0.15) is 17.1 Å². The van der Waals surface area contributed by atoms with Crippen LogP contribution in [0.25, 0.3) is 0 Å². The van der Waals surface area contributed by atoms with Gasteiger partial charge in [-0.2, -0.15) is 5.26 Å². The number of nitrogens with zero attached hydrogens (tertiary/aromatic N) is 1. The number of nitriles is 1. The van der Waals surface area contributed by atoms with Crippen LogP contribution >= 0.6 is 0 Å². The van der Waals surface area contributed by atoms with Crippen LogP contribution < -0.4 is 5.32 Å². The van der Waals surface area contributed by atoms with Gasteiger partial charge in [0.2, 0.25) is 0 Å². The van der Waals surface area contributed by atoms with E-state index in [0.29, 0.717) is 0 Å². The Hall–Kier alpha value is -1.08. The van der Waals surface area contributed by atoms with Gasteiger partial charge in [0, 0.05) is 6.54 Å². The molecule has 2 rings (SSSR count). The summed E-state index contributed by atoms with van der Waals surface area (Å²) >= 11 is 0. The highest BCUT2D eigenvalue weighted by molar-refractivity contribution is 5.85. The smallest absolute Gasteiger partial charge is 0.316 e. The number of hydrogen-bond acceptors (Lipinski definition) is 4. The number of nitrogens with one attached hydrogen (secondary N) is 1. The fourth-order valence-corrected chi connectivity index (χ4v) is 3.33. The molecule has 1 N–H and O–H groups in total. The highest BCUT2D eigenvalue weighted by Gasteiger charge is 2.82. The zero-order valence-corrected chi connectivity index (χ0v) is 11.1. The molecule has 0 aromatic rings. The van der Waals surface area contributed by atoms with Gasteiger partial charge in [0.05, 0.1) is 6.07 Å². The van der Waals surface area contributed by atoms with Crippen LogP contribution in [-0.2, 0) is 9.53 Å². The maximum Gasteiger partial charge on any atom is 0.316 e. The van der Waals surface area contributed by atoms with Crippen LogP contribution in [0.1, 0.15) is 34.6 Å². The maximum absolute atomic E-state index is 12.4. The Morgan fingerprint density at radius 2 is 2.06 bits per heavy atom. The third kappa shape index (κ3) is 1.42. The lowest BCUT2D eigenvalue weighted by Gasteiger charge is -2.27. The van der Waals surface area contributed by atoms with Gasteiger partial charge in [0.25, 0.3) is 0 Å². The summed E-state index contributed by atoms with van der Waals surface area (Å²) in [6.45, 7) is 10.4. The van der Waals surface area contributed by atoms with Gasteiger partial charge in [-0.05, 0) is 32.1 Å². The summed E-state index contributed by atoms with van der Waals surface area (Å²) in [5, 5.41) is 12.3. The fraction of sp³-hybridized carbons (Fsp3) is 0.846. The second kappa shape index (κ2) is 3.23. The molecular formula is C13H20N2O2.